The smallest absolute Gasteiger partial charge is 0.243 e. The fourth-order valence-corrected chi connectivity index (χ4v) is 3.64. The molecular weight excluding hydrogens is 262 g/mol. The first-order valence-electron chi connectivity index (χ1n) is 8.61. The maximum Gasteiger partial charge on any atom is 0.243 e. The predicted octanol–water partition coefficient (Wildman–Crippen LogP) is 2.30. The van der Waals surface area contributed by atoms with Crippen LogP contribution in [0.2, 0.25) is 0 Å². The van der Waals surface area contributed by atoms with Crippen molar-refractivity contribution in [3.8, 4) is 0 Å². The maximum absolute atomic E-state index is 12.8. The zero-order valence-corrected chi connectivity index (χ0v) is 14.6. The second kappa shape index (κ2) is 6.25. The molecule has 2 aliphatic rings. The predicted molar refractivity (Wildman–Crippen MR) is 87.0 cm³/mol. The third kappa shape index (κ3) is 3.26. The molecule has 0 aromatic carbocycles. The summed E-state index contributed by atoms with van der Waals surface area (Å²) in [5, 5.41) is 3.59. The van der Waals surface area contributed by atoms with Gasteiger partial charge in [-0.3, -0.25) is 10.1 Å². The van der Waals surface area contributed by atoms with Crippen molar-refractivity contribution in [3.63, 3.8) is 0 Å². The Morgan fingerprint density at radius 1 is 1.33 bits per heavy atom. The lowest BCUT2D eigenvalue weighted by molar-refractivity contribution is -0.133. The van der Waals surface area contributed by atoms with Gasteiger partial charge in [0.2, 0.25) is 5.91 Å². The summed E-state index contributed by atoms with van der Waals surface area (Å²) < 4.78 is 0. The third-order valence-corrected chi connectivity index (χ3v) is 5.38. The minimum atomic E-state index is -0.370. The molecule has 0 radical (unpaired) electrons. The Hall–Kier alpha value is -0.610. The molecule has 0 aromatic rings. The van der Waals surface area contributed by atoms with Gasteiger partial charge in [-0.05, 0) is 52.0 Å². The van der Waals surface area contributed by atoms with E-state index in [4.69, 9.17) is 0 Å². The molecule has 122 valence electrons. The average molecular weight is 295 g/mol. The zero-order chi connectivity index (χ0) is 15.8. The van der Waals surface area contributed by atoms with E-state index in [1.807, 2.05) is 0 Å². The number of carbonyl (C=O) groups excluding carboxylic acids is 1. The van der Waals surface area contributed by atoms with Crippen molar-refractivity contribution in [1.29, 1.82) is 0 Å². The summed E-state index contributed by atoms with van der Waals surface area (Å²) in [7, 11) is 0. The van der Waals surface area contributed by atoms with Crippen molar-refractivity contribution in [2.45, 2.75) is 72.1 Å². The van der Waals surface area contributed by atoms with Gasteiger partial charge >= 0.3 is 0 Å². The molecule has 2 saturated heterocycles. The van der Waals surface area contributed by atoms with E-state index in [2.05, 4.69) is 56.7 Å². The van der Waals surface area contributed by atoms with Crippen molar-refractivity contribution in [1.82, 2.24) is 15.1 Å². The summed E-state index contributed by atoms with van der Waals surface area (Å²) in [4.78, 5) is 17.5. The molecule has 1 amide bonds. The molecule has 0 bridgehead atoms. The molecule has 4 nitrogen and oxygen atoms in total. The standard InChI is InChI=1S/C17H33N3O/c1-7-17(6)16(21)20(15(18-17)12(2)3)11-14-8-9-19(10-14)13(4)5/h12-15,18H,7-11H2,1-6H3. The van der Waals surface area contributed by atoms with Crippen molar-refractivity contribution in [3.05, 3.63) is 0 Å². The van der Waals surface area contributed by atoms with Gasteiger partial charge < -0.3 is 9.80 Å². The highest BCUT2D eigenvalue weighted by Crippen LogP contribution is 2.30. The number of hydrogen-bond acceptors (Lipinski definition) is 3. The van der Waals surface area contributed by atoms with E-state index in [0.29, 0.717) is 23.8 Å². The van der Waals surface area contributed by atoms with Gasteiger partial charge in [0, 0.05) is 19.1 Å². The third-order valence-electron chi connectivity index (χ3n) is 5.38. The molecule has 2 fully saturated rings. The number of rotatable bonds is 5. The van der Waals surface area contributed by atoms with Gasteiger partial charge in [-0.15, -0.1) is 0 Å². The van der Waals surface area contributed by atoms with Crippen LogP contribution in [-0.4, -0.2) is 53.1 Å². The van der Waals surface area contributed by atoms with Crippen LogP contribution in [0.5, 0.6) is 0 Å². The minimum absolute atomic E-state index is 0.190. The highest BCUT2D eigenvalue weighted by molar-refractivity contribution is 5.88. The van der Waals surface area contributed by atoms with Crippen LogP contribution >= 0.6 is 0 Å². The highest BCUT2D eigenvalue weighted by Gasteiger charge is 2.48. The van der Waals surface area contributed by atoms with E-state index in [1.54, 1.807) is 0 Å². The second-order valence-electron chi connectivity index (χ2n) is 7.72. The molecule has 4 heteroatoms. The van der Waals surface area contributed by atoms with Gasteiger partial charge in [-0.25, -0.2) is 0 Å². The highest BCUT2D eigenvalue weighted by atomic mass is 16.2. The molecule has 21 heavy (non-hydrogen) atoms. The molecule has 1 N–H and O–H groups in total. The topological polar surface area (TPSA) is 35.6 Å². The van der Waals surface area contributed by atoms with Gasteiger partial charge in [-0.1, -0.05) is 20.8 Å². The Morgan fingerprint density at radius 2 is 2.00 bits per heavy atom. The van der Waals surface area contributed by atoms with Crippen LogP contribution in [0.1, 0.15) is 54.4 Å². The largest absolute Gasteiger partial charge is 0.325 e. The average Bonchev–Trinajstić information content (AvgIpc) is 2.98. The Kier molecular flexibility index (Phi) is 4.99. The summed E-state index contributed by atoms with van der Waals surface area (Å²) in [6.45, 7) is 16.3. The van der Waals surface area contributed by atoms with E-state index in [-0.39, 0.29) is 11.7 Å². The Labute approximate surface area is 130 Å². The molecule has 0 aromatic heterocycles. The van der Waals surface area contributed by atoms with Crippen molar-refractivity contribution in [2.24, 2.45) is 11.8 Å². The van der Waals surface area contributed by atoms with E-state index < -0.39 is 0 Å². The number of nitrogens with one attached hydrogen (secondary N) is 1. The van der Waals surface area contributed by atoms with Crippen LogP contribution in [0.25, 0.3) is 0 Å². The van der Waals surface area contributed by atoms with E-state index in [9.17, 15) is 4.79 Å². The van der Waals surface area contributed by atoms with Gasteiger partial charge in [-0.2, -0.15) is 0 Å². The van der Waals surface area contributed by atoms with Crippen LogP contribution in [0, 0.1) is 11.8 Å². The van der Waals surface area contributed by atoms with Crippen LogP contribution in [0.4, 0.5) is 0 Å². The van der Waals surface area contributed by atoms with Crippen LogP contribution < -0.4 is 5.32 Å². The maximum atomic E-state index is 12.8. The monoisotopic (exact) mass is 295 g/mol. The summed E-state index contributed by atoms with van der Waals surface area (Å²) in [6, 6.07) is 0.615. The lowest BCUT2D eigenvalue weighted by Gasteiger charge is -2.30. The number of hydrogen-bond donors (Lipinski definition) is 1. The summed E-state index contributed by atoms with van der Waals surface area (Å²) in [5.41, 5.74) is -0.370. The van der Waals surface area contributed by atoms with Gasteiger partial charge in [0.1, 0.15) is 0 Å². The lowest BCUT2D eigenvalue weighted by atomic mass is 9.99. The molecule has 3 atom stereocenters. The zero-order valence-electron chi connectivity index (χ0n) is 14.6. The van der Waals surface area contributed by atoms with E-state index >= 15 is 0 Å². The second-order valence-corrected chi connectivity index (χ2v) is 7.72. The number of nitrogens with zero attached hydrogens (tertiary/aromatic N) is 2. The Balaban J connectivity index is 2.05. The quantitative estimate of drug-likeness (QED) is 0.845. The number of amides is 1. The van der Waals surface area contributed by atoms with Gasteiger partial charge in [0.25, 0.3) is 0 Å². The van der Waals surface area contributed by atoms with Crippen LogP contribution in [0.15, 0.2) is 0 Å². The van der Waals surface area contributed by atoms with Gasteiger partial charge in [0.15, 0.2) is 0 Å². The van der Waals surface area contributed by atoms with E-state index in [0.717, 1.165) is 19.5 Å². The molecule has 0 aliphatic carbocycles. The number of likely N-dealkylation sites (tertiary alicyclic amines) is 1. The molecule has 3 unspecified atom stereocenters. The van der Waals surface area contributed by atoms with Gasteiger partial charge in [0.05, 0.1) is 11.7 Å². The molecule has 2 heterocycles. The SMILES string of the molecule is CCC1(C)NC(C(C)C)N(CC2CCN(C(C)C)C2)C1=O. The molecular formula is C17H33N3O. The van der Waals surface area contributed by atoms with Crippen molar-refractivity contribution >= 4 is 5.91 Å². The lowest BCUT2D eigenvalue weighted by Crippen LogP contribution is -2.45. The first kappa shape index (κ1) is 16.8. The van der Waals surface area contributed by atoms with Crippen LogP contribution in [-0.2, 0) is 4.79 Å². The fraction of sp³-hybridized carbons (Fsp3) is 0.941. The molecule has 2 rings (SSSR count). The first-order chi connectivity index (χ1) is 9.78. The van der Waals surface area contributed by atoms with E-state index in [1.165, 1.54) is 13.0 Å². The minimum Gasteiger partial charge on any atom is -0.325 e. The summed E-state index contributed by atoms with van der Waals surface area (Å²) in [5.74, 6) is 1.37. The Bertz CT molecular complexity index is 382. The first-order valence-corrected chi connectivity index (χ1v) is 8.61. The fourth-order valence-electron chi connectivity index (χ4n) is 3.64. The van der Waals surface area contributed by atoms with Crippen molar-refractivity contribution in [2.75, 3.05) is 19.6 Å². The normalized spacial score (nSPS) is 34.7. The summed E-state index contributed by atoms with van der Waals surface area (Å²) in [6.07, 6.45) is 2.26. The molecule has 2 aliphatic heterocycles. The van der Waals surface area contributed by atoms with Crippen molar-refractivity contribution < 1.29 is 4.79 Å². The molecule has 0 saturated carbocycles. The summed E-state index contributed by atoms with van der Waals surface area (Å²) >= 11 is 0. The number of carbonyl (C=O) groups is 1. The molecule has 0 spiro atoms. The van der Waals surface area contributed by atoms with Crippen LogP contribution in [0.3, 0.4) is 0 Å². The Morgan fingerprint density at radius 3 is 2.48 bits per heavy atom.